The highest BCUT2D eigenvalue weighted by Gasteiger charge is 2.20. The average Bonchev–Trinajstić information content (AvgIpc) is 4.32. The molecule has 8 nitrogen and oxygen atoms in total. The molecule has 0 saturated carbocycles. The van der Waals surface area contributed by atoms with E-state index in [9.17, 15) is 0 Å². The Morgan fingerprint density at radius 3 is 0.583 bits per heavy atom. The number of rotatable bonds is 8. The fourth-order valence-corrected chi connectivity index (χ4v) is 9.92. The van der Waals surface area contributed by atoms with Gasteiger partial charge in [0.15, 0.2) is 0 Å². The molecular weight excluding hydrogens is 881 g/mol. The van der Waals surface area contributed by atoms with Crippen molar-refractivity contribution >= 4 is 46.4 Å². The van der Waals surface area contributed by atoms with Gasteiger partial charge in [-0.05, 0) is 164 Å². The summed E-state index contributed by atoms with van der Waals surface area (Å²) in [5, 5.41) is 0. The summed E-state index contributed by atoms with van der Waals surface area (Å²) >= 11 is 0. The summed E-state index contributed by atoms with van der Waals surface area (Å²) in [6.45, 7) is 0. The van der Waals surface area contributed by atoms with Crippen LogP contribution in [0.25, 0.3) is 135 Å². The van der Waals surface area contributed by atoms with Crippen LogP contribution in [0.5, 0.6) is 0 Å². The van der Waals surface area contributed by atoms with Crippen LogP contribution in [0.2, 0.25) is 0 Å². The molecule has 0 radical (unpaired) electrons. The molecule has 9 heterocycles. The number of aromatic amines is 2. The van der Waals surface area contributed by atoms with Crippen molar-refractivity contribution in [3.63, 3.8) is 0 Å². The third-order valence-corrected chi connectivity index (χ3v) is 13.5. The van der Waals surface area contributed by atoms with Gasteiger partial charge in [0.2, 0.25) is 0 Å². The number of hydrogen-bond donors (Lipinski definition) is 2. The van der Waals surface area contributed by atoms with Gasteiger partial charge in [0, 0.05) is 93.9 Å². The predicted molar refractivity (Wildman–Crippen MR) is 294 cm³/mol. The van der Waals surface area contributed by atoms with Crippen molar-refractivity contribution in [2.75, 3.05) is 0 Å². The maximum Gasteiger partial charge on any atom is 0.0737 e. The van der Waals surface area contributed by atoms with E-state index in [2.05, 4.69) is 176 Å². The normalized spacial score (nSPS) is 11.8. The van der Waals surface area contributed by atoms with E-state index in [1.165, 1.54) is 0 Å². The summed E-state index contributed by atoms with van der Waals surface area (Å²) < 4.78 is 0. The molecule has 2 aliphatic heterocycles. The summed E-state index contributed by atoms with van der Waals surface area (Å²) in [6.07, 6.45) is 23.2. The first-order chi connectivity index (χ1) is 35.7. The molecule has 338 valence electrons. The third-order valence-electron chi connectivity index (χ3n) is 13.5. The van der Waals surface area contributed by atoms with Crippen LogP contribution < -0.4 is 0 Å². The molecule has 0 unspecified atom stereocenters. The molecule has 2 N–H and O–H groups in total. The van der Waals surface area contributed by atoms with Gasteiger partial charge in [0.1, 0.15) is 0 Å². The summed E-state index contributed by atoms with van der Waals surface area (Å²) in [5.74, 6) is 0. The van der Waals surface area contributed by atoms with Crippen LogP contribution >= 0.6 is 0 Å². The van der Waals surface area contributed by atoms with Gasteiger partial charge in [-0.3, -0.25) is 19.9 Å². The number of hydrogen-bond acceptors (Lipinski definition) is 6. The van der Waals surface area contributed by atoms with E-state index in [0.717, 1.165) is 134 Å². The summed E-state index contributed by atoms with van der Waals surface area (Å²) in [4.78, 5) is 35.9. The number of aromatic nitrogens is 8. The molecule has 4 aromatic carbocycles. The Kier molecular flexibility index (Phi) is 10.7. The topological polar surface area (TPSA) is 109 Å². The minimum Gasteiger partial charge on any atom is -0.354 e. The molecule has 13 rings (SSSR count). The van der Waals surface area contributed by atoms with Crippen molar-refractivity contribution in [2.45, 2.75) is 0 Å². The molecule has 8 bridgehead atoms. The molecule has 0 spiro atoms. The standard InChI is InChI=1S/C64H42N8/c1-9-49(10-2-41(1)45-25-33-65-34-26-45)61-53-17-19-55(69-53)62(50-11-3-42(4-12-50)46-27-35-66-36-28-46)57-21-23-59(71-57)64(52-15-7-44(8-16-52)48-31-39-68-40-32-48)60-24-22-58(72-60)63(56-20-18-54(61)70-56)51-13-5-43(6-14-51)47-29-37-67-38-30-47/h1-40,69,72H. The number of nitrogens with zero attached hydrogens (tertiary/aromatic N) is 6. The molecule has 0 amide bonds. The van der Waals surface area contributed by atoms with Gasteiger partial charge in [-0.15, -0.1) is 0 Å². The average molecular weight is 923 g/mol. The van der Waals surface area contributed by atoms with Gasteiger partial charge in [-0.25, -0.2) is 9.97 Å². The van der Waals surface area contributed by atoms with Gasteiger partial charge in [0.25, 0.3) is 0 Å². The van der Waals surface area contributed by atoms with Gasteiger partial charge in [-0.2, -0.15) is 0 Å². The fraction of sp³-hybridized carbons (Fsp3) is 0. The smallest absolute Gasteiger partial charge is 0.0737 e. The van der Waals surface area contributed by atoms with E-state index < -0.39 is 0 Å². The minimum atomic E-state index is 0.846. The first-order valence-electron chi connectivity index (χ1n) is 23.9. The van der Waals surface area contributed by atoms with Gasteiger partial charge >= 0.3 is 0 Å². The Hall–Kier alpha value is -9.92. The highest BCUT2D eigenvalue weighted by Crippen LogP contribution is 2.40. The number of pyridine rings is 4. The maximum atomic E-state index is 5.56. The van der Waals surface area contributed by atoms with Crippen molar-refractivity contribution in [1.29, 1.82) is 0 Å². The lowest BCUT2D eigenvalue weighted by atomic mass is 9.99. The highest BCUT2D eigenvalue weighted by atomic mass is 14.8. The summed E-state index contributed by atoms with van der Waals surface area (Å²) in [7, 11) is 0. The van der Waals surface area contributed by atoms with Crippen LogP contribution in [-0.4, -0.2) is 39.9 Å². The van der Waals surface area contributed by atoms with E-state index in [4.69, 9.17) is 9.97 Å². The van der Waals surface area contributed by atoms with Crippen molar-refractivity contribution in [3.8, 4) is 89.0 Å². The second-order valence-corrected chi connectivity index (χ2v) is 17.8. The second-order valence-electron chi connectivity index (χ2n) is 17.8. The molecule has 7 aromatic heterocycles. The lowest BCUT2D eigenvalue weighted by Crippen LogP contribution is -1.90. The van der Waals surface area contributed by atoms with Crippen molar-refractivity contribution < 1.29 is 0 Å². The number of H-pyrrole nitrogens is 2. The molecule has 0 saturated heterocycles. The van der Waals surface area contributed by atoms with Crippen molar-refractivity contribution in [2.24, 2.45) is 0 Å². The van der Waals surface area contributed by atoms with E-state index >= 15 is 0 Å². The molecule has 0 fully saturated rings. The van der Waals surface area contributed by atoms with Crippen LogP contribution in [-0.2, 0) is 0 Å². The van der Waals surface area contributed by atoms with Crippen LogP contribution in [0, 0.1) is 0 Å². The lowest BCUT2D eigenvalue weighted by Gasteiger charge is -2.09. The maximum absolute atomic E-state index is 5.56. The van der Waals surface area contributed by atoms with E-state index in [-0.39, 0.29) is 0 Å². The Morgan fingerprint density at radius 2 is 0.375 bits per heavy atom. The lowest BCUT2D eigenvalue weighted by molar-refractivity contribution is 1.31. The molecule has 72 heavy (non-hydrogen) atoms. The van der Waals surface area contributed by atoms with Crippen LogP contribution in [0.4, 0.5) is 0 Å². The van der Waals surface area contributed by atoms with Crippen LogP contribution in [0.3, 0.4) is 0 Å². The molecule has 0 atom stereocenters. The van der Waals surface area contributed by atoms with E-state index in [1.54, 1.807) is 0 Å². The SMILES string of the molecule is C1=Cc2nc1c(-c1ccc(-c3ccncc3)cc1)c1ccc([nH]1)c(-c1ccc(-c3ccncc3)cc1)c1nc(c(-c3ccc(-c4ccncc4)cc3)c3ccc([nH]3)c2-c2ccc(-c3ccncc3)cc2)C=C1. The predicted octanol–water partition coefficient (Wildman–Crippen LogP) is 15.6. The van der Waals surface area contributed by atoms with Crippen LogP contribution in [0.1, 0.15) is 22.8 Å². The van der Waals surface area contributed by atoms with E-state index in [0.29, 0.717) is 0 Å². The molecule has 11 aromatic rings. The molecule has 2 aliphatic rings. The Bertz CT molecular complexity index is 3490. The zero-order chi connectivity index (χ0) is 47.8. The first kappa shape index (κ1) is 42.2. The second kappa shape index (κ2) is 18.2. The van der Waals surface area contributed by atoms with Gasteiger partial charge in [-0.1, -0.05) is 97.1 Å². The number of benzene rings is 4. The molecule has 0 aliphatic carbocycles. The quantitative estimate of drug-likeness (QED) is 0.157. The molecule has 8 heteroatoms. The summed E-state index contributed by atoms with van der Waals surface area (Å²) in [6, 6.07) is 59.8. The zero-order valence-corrected chi connectivity index (χ0v) is 38.8. The zero-order valence-electron chi connectivity index (χ0n) is 38.8. The largest absolute Gasteiger partial charge is 0.354 e. The van der Waals surface area contributed by atoms with E-state index in [1.807, 2.05) is 98.1 Å². The van der Waals surface area contributed by atoms with Crippen molar-refractivity contribution in [1.82, 2.24) is 39.9 Å². The van der Waals surface area contributed by atoms with Gasteiger partial charge < -0.3 is 9.97 Å². The third kappa shape index (κ3) is 7.98. The monoisotopic (exact) mass is 922 g/mol. The fourth-order valence-electron chi connectivity index (χ4n) is 9.92. The van der Waals surface area contributed by atoms with Crippen LogP contribution in [0.15, 0.2) is 219 Å². The first-order valence-corrected chi connectivity index (χ1v) is 23.9. The minimum absolute atomic E-state index is 0.846. The highest BCUT2D eigenvalue weighted by molar-refractivity contribution is 6.00. The number of fused-ring (bicyclic) bond motifs is 8. The Balaban J connectivity index is 1.09. The Labute approximate surface area is 415 Å². The van der Waals surface area contributed by atoms with Crippen molar-refractivity contribution in [3.05, 3.63) is 242 Å². The summed E-state index contributed by atoms with van der Waals surface area (Å²) in [5.41, 5.74) is 24.0. The number of nitrogens with one attached hydrogen (secondary N) is 2. The molecular formula is C64H42N8. The van der Waals surface area contributed by atoms with Gasteiger partial charge in [0.05, 0.1) is 22.8 Å². The Morgan fingerprint density at radius 1 is 0.194 bits per heavy atom.